The summed E-state index contributed by atoms with van der Waals surface area (Å²) in [6.07, 6.45) is 5.19. The minimum atomic E-state index is -0.740. The topological polar surface area (TPSA) is 102 Å². The van der Waals surface area contributed by atoms with Crippen LogP contribution in [0.5, 0.6) is 0 Å². The Morgan fingerprint density at radius 3 is 3.00 bits per heavy atom. The van der Waals surface area contributed by atoms with Crippen molar-refractivity contribution in [3.05, 3.63) is 18.6 Å². The van der Waals surface area contributed by atoms with E-state index in [-0.39, 0.29) is 30.9 Å². The van der Waals surface area contributed by atoms with Crippen LogP contribution in [-0.4, -0.2) is 42.3 Å². The van der Waals surface area contributed by atoms with Crippen molar-refractivity contribution in [2.75, 3.05) is 13.2 Å². The van der Waals surface area contributed by atoms with Gasteiger partial charge < -0.3 is 20.9 Å². The molecular formula is C13H21N2O4. The zero-order chi connectivity index (χ0) is 14.3. The van der Waals surface area contributed by atoms with Gasteiger partial charge in [0, 0.05) is 5.92 Å². The van der Waals surface area contributed by atoms with Crippen LogP contribution in [0, 0.1) is 12.3 Å². The van der Waals surface area contributed by atoms with Gasteiger partial charge in [0.25, 0.3) is 0 Å². The first kappa shape index (κ1) is 15.7. The van der Waals surface area contributed by atoms with Crippen molar-refractivity contribution in [2.45, 2.75) is 31.9 Å². The van der Waals surface area contributed by atoms with Gasteiger partial charge in [-0.15, -0.1) is 0 Å². The van der Waals surface area contributed by atoms with E-state index in [1.807, 2.05) is 12.2 Å². The smallest absolute Gasteiger partial charge is 0.224 e. The van der Waals surface area contributed by atoms with E-state index >= 15 is 0 Å². The Bertz CT molecular complexity index is 344. The van der Waals surface area contributed by atoms with Gasteiger partial charge in [0.1, 0.15) is 0 Å². The number of carbonyl (C=O) groups is 2. The van der Waals surface area contributed by atoms with Gasteiger partial charge in [-0.05, 0) is 12.8 Å². The number of nitrogens with two attached hydrogens (primary N) is 1. The number of aliphatic hydroxyl groups is 1. The number of ether oxygens (including phenoxy) is 1. The third-order valence-electron chi connectivity index (χ3n) is 2.99. The molecule has 0 aromatic rings. The zero-order valence-corrected chi connectivity index (χ0v) is 11.0. The molecule has 6 nitrogen and oxygen atoms in total. The number of carbonyl (C=O) groups excluding carboxylic acids is 2. The van der Waals surface area contributed by atoms with Crippen molar-refractivity contribution in [2.24, 2.45) is 11.7 Å². The van der Waals surface area contributed by atoms with Crippen LogP contribution in [0.15, 0.2) is 12.2 Å². The minimum absolute atomic E-state index is 0.187. The van der Waals surface area contributed by atoms with Crippen LogP contribution >= 0.6 is 0 Å². The number of aliphatic hydroxyl groups excluding tert-OH is 1. The number of hydrogen-bond donors (Lipinski definition) is 3. The van der Waals surface area contributed by atoms with Gasteiger partial charge in [-0.3, -0.25) is 9.59 Å². The first-order valence-corrected chi connectivity index (χ1v) is 6.34. The van der Waals surface area contributed by atoms with E-state index in [0.29, 0.717) is 13.0 Å². The molecule has 0 bridgehead atoms. The molecule has 2 amide bonds. The SMILES string of the molecule is CC(C[CH]C(=O)NC1C/C=C\COC[C@H]1O)C(N)=O. The monoisotopic (exact) mass is 269 g/mol. The Balaban J connectivity index is 2.39. The number of hydrogen-bond acceptors (Lipinski definition) is 4. The van der Waals surface area contributed by atoms with Crippen LogP contribution in [0.4, 0.5) is 0 Å². The molecule has 1 radical (unpaired) electrons. The van der Waals surface area contributed by atoms with Crippen molar-refractivity contribution in [1.29, 1.82) is 0 Å². The molecule has 0 fully saturated rings. The standard InChI is InChI=1S/C13H21N2O4/c1-9(13(14)18)5-6-12(17)15-10-4-2-3-7-19-8-11(10)16/h2-3,6,9-11,16H,4-5,7-8H2,1H3,(H2,14,18)(H,15,17)/b3-2-/t9?,10?,11-/m1/s1. The predicted octanol–water partition coefficient (Wildman–Crippen LogP) is -0.476. The number of nitrogens with one attached hydrogen (secondary N) is 1. The van der Waals surface area contributed by atoms with Gasteiger partial charge in [0.15, 0.2) is 0 Å². The Hall–Kier alpha value is -1.40. The van der Waals surface area contributed by atoms with Crippen molar-refractivity contribution in [3.8, 4) is 0 Å². The molecule has 19 heavy (non-hydrogen) atoms. The fourth-order valence-electron chi connectivity index (χ4n) is 1.64. The largest absolute Gasteiger partial charge is 0.389 e. The molecule has 6 heteroatoms. The maximum absolute atomic E-state index is 11.7. The lowest BCUT2D eigenvalue weighted by atomic mass is 10.0. The quantitative estimate of drug-likeness (QED) is 0.587. The summed E-state index contributed by atoms with van der Waals surface area (Å²) < 4.78 is 5.17. The van der Waals surface area contributed by atoms with E-state index in [2.05, 4.69) is 5.32 Å². The van der Waals surface area contributed by atoms with E-state index in [1.54, 1.807) is 6.92 Å². The van der Waals surface area contributed by atoms with Gasteiger partial charge in [-0.1, -0.05) is 19.1 Å². The second-order valence-electron chi connectivity index (χ2n) is 4.67. The Kier molecular flexibility index (Phi) is 6.52. The fraction of sp³-hybridized carbons (Fsp3) is 0.615. The van der Waals surface area contributed by atoms with E-state index in [1.165, 1.54) is 6.42 Å². The number of amides is 2. The maximum Gasteiger partial charge on any atom is 0.224 e. The van der Waals surface area contributed by atoms with Gasteiger partial charge in [0.2, 0.25) is 11.8 Å². The van der Waals surface area contributed by atoms with Crippen LogP contribution in [0.2, 0.25) is 0 Å². The van der Waals surface area contributed by atoms with Crippen LogP contribution in [0.1, 0.15) is 19.8 Å². The van der Waals surface area contributed by atoms with Crippen molar-refractivity contribution >= 4 is 11.8 Å². The third kappa shape index (κ3) is 5.85. The summed E-state index contributed by atoms with van der Waals surface area (Å²) >= 11 is 0. The van der Waals surface area contributed by atoms with Gasteiger partial charge >= 0.3 is 0 Å². The average molecular weight is 269 g/mol. The maximum atomic E-state index is 11.7. The molecule has 0 spiro atoms. The van der Waals surface area contributed by atoms with Crippen molar-refractivity contribution < 1.29 is 19.4 Å². The van der Waals surface area contributed by atoms with Gasteiger partial charge in [-0.2, -0.15) is 0 Å². The lowest BCUT2D eigenvalue weighted by Gasteiger charge is -2.24. The van der Waals surface area contributed by atoms with Crippen molar-refractivity contribution in [1.82, 2.24) is 5.32 Å². The normalized spacial score (nSPS) is 26.8. The molecule has 2 unspecified atom stereocenters. The Labute approximate surface area is 113 Å². The average Bonchev–Trinajstić information content (AvgIpc) is 2.35. The van der Waals surface area contributed by atoms with Gasteiger partial charge in [-0.25, -0.2) is 0 Å². The lowest BCUT2D eigenvalue weighted by molar-refractivity contribution is -0.121. The summed E-state index contributed by atoms with van der Waals surface area (Å²) in [5, 5.41) is 12.5. The summed E-state index contributed by atoms with van der Waals surface area (Å²) in [6, 6.07) is -0.385. The molecule has 0 aromatic heterocycles. The summed E-state index contributed by atoms with van der Waals surface area (Å²) in [4.78, 5) is 22.5. The van der Waals surface area contributed by atoms with Crippen LogP contribution in [-0.2, 0) is 14.3 Å². The molecule has 4 N–H and O–H groups in total. The summed E-state index contributed by atoms with van der Waals surface area (Å²) in [5.74, 6) is -1.13. The van der Waals surface area contributed by atoms with Crippen LogP contribution in [0.3, 0.4) is 0 Å². The summed E-state index contributed by atoms with van der Waals surface area (Å²) in [5.41, 5.74) is 5.11. The number of rotatable bonds is 5. The molecular weight excluding hydrogens is 248 g/mol. The Morgan fingerprint density at radius 1 is 1.58 bits per heavy atom. The highest BCUT2D eigenvalue weighted by molar-refractivity contribution is 5.86. The number of primary amides is 1. The Morgan fingerprint density at radius 2 is 2.32 bits per heavy atom. The molecule has 1 heterocycles. The van der Waals surface area contributed by atoms with E-state index in [0.717, 1.165) is 0 Å². The molecule has 0 saturated carbocycles. The highest BCUT2D eigenvalue weighted by Crippen LogP contribution is 2.07. The van der Waals surface area contributed by atoms with E-state index in [4.69, 9.17) is 10.5 Å². The highest BCUT2D eigenvalue weighted by Gasteiger charge is 2.22. The molecule has 0 aromatic carbocycles. The van der Waals surface area contributed by atoms with Crippen LogP contribution in [0.25, 0.3) is 0 Å². The third-order valence-corrected chi connectivity index (χ3v) is 2.99. The van der Waals surface area contributed by atoms with Crippen molar-refractivity contribution in [3.63, 3.8) is 0 Å². The first-order chi connectivity index (χ1) is 9.00. The van der Waals surface area contributed by atoms with Gasteiger partial charge in [0.05, 0.1) is 31.8 Å². The second-order valence-corrected chi connectivity index (χ2v) is 4.67. The van der Waals surface area contributed by atoms with E-state index in [9.17, 15) is 14.7 Å². The molecule has 0 aliphatic carbocycles. The lowest BCUT2D eigenvalue weighted by Crippen LogP contribution is -2.45. The van der Waals surface area contributed by atoms with E-state index < -0.39 is 12.0 Å². The first-order valence-electron chi connectivity index (χ1n) is 6.34. The molecule has 107 valence electrons. The molecule has 0 saturated heterocycles. The predicted molar refractivity (Wildman–Crippen MR) is 69.8 cm³/mol. The molecule has 1 aliphatic heterocycles. The highest BCUT2D eigenvalue weighted by atomic mass is 16.5. The zero-order valence-electron chi connectivity index (χ0n) is 11.0. The summed E-state index contributed by atoms with van der Waals surface area (Å²) in [6.45, 7) is 2.32. The van der Waals surface area contributed by atoms with Crippen LogP contribution < -0.4 is 11.1 Å². The minimum Gasteiger partial charge on any atom is -0.389 e. The molecule has 3 atom stereocenters. The molecule has 1 rings (SSSR count). The molecule has 1 aliphatic rings. The summed E-state index contributed by atoms with van der Waals surface area (Å²) in [7, 11) is 0. The fourth-order valence-corrected chi connectivity index (χ4v) is 1.64. The second kappa shape index (κ2) is 7.91.